The maximum absolute atomic E-state index is 13.0. The van der Waals surface area contributed by atoms with Gasteiger partial charge in [0.1, 0.15) is 0 Å². The predicted molar refractivity (Wildman–Crippen MR) is 128 cm³/mol. The number of hydrogen-bond donors (Lipinski definition) is 0. The highest BCUT2D eigenvalue weighted by Crippen LogP contribution is 2.23. The number of carbonyl (C=O) groups excluding carboxylic acids is 1. The van der Waals surface area contributed by atoms with Crippen LogP contribution in [0.2, 0.25) is 0 Å². The van der Waals surface area contributed by atoms with Gasteiger partial charge in [0.15, 0.2) is 11.6 Å². The van der Waals surface area contributed by atoms with E-state index in [4.69, 9.17) is 0 Å². The number of carbonyl (C=O) groups is 1. The summed E-state index contributed by atoms with van der Waals surface area (Å²) in [6, 6.07) is 12.5. The second-order valence-electron chi connectivity index (χ2n) is 8.98. The van der Waals surface area contributed by atoms with Crippen molar-refractivity contribution in [3.63, 3.8) is 0 Å². The zero-order chi connectivity index (χ0) is 21.9. The molecule has 3 aromatic rings. The number of nitrogens with zero attached hydrogens (tertiary/aromatic N) is 6. The lowest BCUT2D eigenvalue weighted by Gasteiger charge is -2.35. The fourth-order valence-corrected chi connectivity index (χ4v) is 4.98. The Balaban J connectivity index is 1.18. The van der Waals surface area contributed by atoms with Gasteiger partial charge in [-0.2, -0.15) is 0 Å². The van der Waals surface area contributed by atoms with Gasteiger partial charge in [-0.1, -0.05) is 31.0 Å². The molecule has 2 aromatic heterocycles. The minimum Gasteiger partial charge on any atom is -0.355 e. The lowest BCUT2D eigenvalue weighted by molar-refractivity contribution is -0.130. The summed E-state index contributed by atoms with van der Waals surface area (Å²) in [6.45, 7) is 5.17. The Bertz CT molecular complexity index is 1060. The molecule has 7 heteroatoms. The molecule has 0 spiro atoms. The summed E-state index contributed by atoms with van der Waals surface area (Å²) in [5, 5.41) is 10.2. The molecular weight excluding hydrogens is 400 g/mol. The maximum Gasteiger partial charge on any atom is 0.227 e. The van der Waals surface area contributed by atoms with Gasteiger partial charge in [0.2, 0.25) is 5.91 Å². The minimum absolute atomic E-state index is 0.198. The largest absolute Gasteiger partial charge is 0.355 e. The van der Waals surface area contributed by atoms with E-state index in [1.165, 1.54) is 36.6 Å². The molecule has 2 saturated heterocycles. The number of para-hydroxylation sites is 1. The Morgan fingerprint density at radius 3 is 2.09 bits per heavy atom. The number of piperazine rings is 1. The van der Waals surface area contributed by atoms with Crippen molar-refractivity contribution >= 4 is 28.4 Å². The van der Waals surface area contributed by atoms with Gasteiger partial charge in [-0.25, -0.2) is 0 Å². The predicted octanol–water partition coefficient (Wildman–Crippen LogP) is 3.24. The van der Waals surface area contributed by atoms with Crippen LogP contribution in [0.25, 0.3) is 10.9 Å². The molecule has 1 amide bonds. The monoisotopic (exact) mass is 432 g/mol. The zero-order valence-electron chi connectivity index (χ0n) is 18.9. The van der Waals surface area contributed by atoms with E-state index < -0.39 is 0 Å². The summed E-state index contributed by atoms with van der Waals surface area (Å²) in [5.74, 6) is 2.09. The smallest absolute Gasteiger partial charge is 0.227 e. The van der Waals surface area contributed by atoms with E-state index in [-0.39, 0.29) is 5.91 Å². The van der Waals surface area contributed by atoms with Crippen molar-refractivity contribution < 1.29 is 4.79 Å². The maximum atomic E-state index is 13.0. The number of anilines is 2. The molecule has 0 N–H and O–H groups in total. The van der Waals surface area contributed by atoms with Gasteiger partial charge in [-0.05, 0) is 36.6 Å². The second kappa shape index (κ2) is 9.18. The molecule has 4 heterocycles. The summed E-state index contributed by atoms with van der Waals surface area (Å²) in [5.41, 5.74) is 2.27. The van der Waals surface area contributed by atoms with E-state index in [0.717, 1.165) is 56.5 Å². The molecule has 168 valence electrons. The molecule has 0 radical (unpaired) electrons. The van der Waals surface area contributed by atoms with Crippen LogP contribution in [-0.2, 0) is 18.3 Å². The average molecular weight is 433 g/mol. The Labute approximate surface area is 189 Å². The first-order valence-electron chi connectivity index (χ1n) is 11.8. The number of amides is 1. The summed E-state index contributed by atoms with van der Waals surface area (Å²) in [4.78, 5) is 19.6. The van der Waals surface area contributed by atoms with Crippen LogP contribution in [-0.4, -0.2) is 64.8 Å². The molecule has 32 heavy (non-hydrogen) atoms. The number of rotatable bonds is 4. The molecule has 5 rings (SSSR count). The number of aromatic nitrogens is 3. The van der Waals surface area contributed by atoms with E-state index in [1.54, 1.807) is 0 Å². The topological polar surface area (TPSA) is 57.5 Å². The number of fused-ring (bicyclic) bond motifs is 1. The quantitative estimate of drug-likeness (QED) is 0.634. The van der Waals surface area contributed by atoms with Crippen molar-refractivity contribution in [2.45, 2.75) is 32.1 Å². The molecule has 2 fully saturated rings. The van der Waals surface area contributed by atoms with Gasteiger partial charge in [0, 0.05) is 63.4 Å². The fraction of sp³-hybridized carbons (Fsp3) is 0.480. The normalized spacial score (nSPS) is 17.6. The summed E-state index contributed by atoms with van der Waals surface area (Å²) in [7, 11) is 2.04. The van der Waals surface area contributed by atoms with E-state index in [9.17, 15) is 4.79 Å². The Morgan fingerprint density at radius 1 is 0.812 bits per heavy atom. The third kappa shape index (κ3) is 4.29. The van der Waals surface area contributed by atoms with Crippen LogP contribution in [0, 0.1) is 0 Å². The number of aryl methyl sites for hydroxylation is 1. The molecule has 0 atom stereocenters. The van der Waals surface area contributed by atoms with Crippen molar-refractivity contribution in [1.29, 1.82) is 0 Å². The summed E-state index contributed by atoms with van der Waals surface area (Å²) < 4.78 is 2.10. The molecule has 2 aliphatic rings. The number of benzene rings is 1. The summed E-state index contributed by atoms with van der Waals surface area (Å²) in [6.07, 6.45) is 7.62. The van der Waals surface area contributed by atoms with Crippen LogP contribution in [0.3, 0.4) is 0 Å². The van der Waals surface area contributed by atoms with Gasteiger partial charge in [-0.15, -0.1) is 10.2 Å². The Kier molecular flexibility index (Phi) is 5.97. The lowest BCUT2D eigenvalue weighted by Crippen LogP contribution is -2.49. The molecule has 0 aliphatic carbocycles. The highest BCUT2D eigenvalue weighted by atomic mass is 16.2. The van der Waals surface area contributed by atoms with Gasteiger partial charge in [0.25, 0.3) is 0 Å². The average Bonchev–Trinajstić information content (AvgIpc) is 3.00. The fourth-order valence-electron chi connectivity index (χ4n) is 4.98. The Hall–Kier alpha value is -3.09. The van der Waals surface area contributed by atoms with Crippen molar-refractivity contribution in [1.82, 2.24) is 19.7 Å². The van der Waals surface area contributed by atoms with Crippen LogP contribution >= 0.6 is 0 Å². The van der Waals surface area contributed by atoms with Crippen molar-refractivity contribution in [3.05, 3.63) is 48.2 Å². The van der Waals surface area contributed by atoms with Gasteiger partial charge in [-0.3, -0.25) is 4.79 Å². The third-order valence-corrected chi connectivity index (χ3v) is 6.84. The molecule has 0 unspecified atom stereocenters. The SMILES string of the molecule is Cn1cc(CC(=O)N2CCN(c3ccc(N4CCCCCC4)nn3)CC2)c2ccccc21. The lowest BCUT2D eigenvalue weighted by atomic mass is 10.1. The van der Waals surface area contributed by atoms with E-state index in [1.807, 2.05) is 24.1 Å². The first kappa shape index (κ1) is 20.8. The molecule has 0 bridgehead atoms. The molecular formula is C25H32N6O. The van der Waals surface area contributed by atoms with Crippen LogP contribution in [0.15, 0.2) is 42.6 Å². The van der Waals surface area contributed by atoms with Crippen LogP contribution in [0.1, 0.15) is 31.2 Å². The Morgan fingerprint density at radius 2 is 1.44 bits per heavy atom. The highest BCUT2D eigenvalue weighted by Gasteiger charge is 2.23. The summed E-state index contributed by atoms with van der Waals surface area (Å²) >= 11 is 0. The van der Waals surface area contributed by atoms with Crippen LogP contribution in [0.4, 0.5) is 11.6 Å². The standard InChI is InChI=1S/C25H32N6O/c1-28-19-20(21-8-4-5-9-22(21)28)18-25(32)31-16-14-30(15-17-31)24-11-10-23(26-27-24)29-12-6-2-3-7-13-29/h4-5,8-11,19H,2-3,6-7,12-18H2,1H3. The minimum atomic E-state index is 0.198. The second-order valence-corrected chi connectivity index (χ2v) is 8.98. The van der Waals surface area contributed by atoms with Gasteiger partial charge < -0.3 is 19.3 Å². The van der Waals surface area contributed by atoms with Crippen molar-refractivity contribution in [2.75, 3.05) is 49.1 Å². The van der Waals surface area contributed by atoms with Gasteiger partial charge in [0.05, 0.1) is 6.42 Å². The first-order valence-corrected chi connectivity index (χ1v) is 11.8. The molecule has 7 nitrogen and oxygen atoms in total. The van der Waals surface area contributed by atoms with Crippen LogP contribution in [0.5, 0.6) is 0 Å². The van der Waals surface area contributed by atoms with E-state index in [0.29, 0.717) is 6.42 Å². The van der Waals surface area contributed by atoms with Crippen molar-refractivity contribution in [3.8, 4) is 0 Å². The van der Waals surface area contributed by atoms with E-state index >= 15 is 0 Å². The third-order valence-electron chi connectivity index (χ3n) is 6.84. The van der Waals surface area contributed by atoms with Crippen molar-refractivity contribution in [2.24, 2.45) is 7.05 Å². The molecule has 0 saturated carbocycles. The van der Waals surface area contributed by atoms with Crippen LogP contribution < -0.4 is 9.80 Å². The van der Waals surface area contributed by atoms with E-state index in [2.05, 4.69) is 55.0 Å². The number of hydrogen-bond acceptors (Lipinski definition) is 5. The zero-order valence-corrected chi connectivity index (χ0v) is 18.9. The molecule has 1 aromatic carbocycles. The highest BCUT2D eigenvalue weighted by molar-refractivity contribution is 5.89. The first-order chi connectivity index (χ1) is 15.7. The molecule has 2 aliphatic heterocycles. The van der Waals surface area contributed by atoms with Gasteiger partial charge >= 0.3 is 0 Å².